The molecule has 146 valence electrons. The van der Waals surface area contributed by atoms with Crippen LogP contribution < -0.4 is 0 Å². The van der Waals surface area contributed by atoms with Crippen LogP contribution in [0.2, 0.25) is 0 Å². The van der Waals surface area contributed by atoms with Gasteiger partial charge in [0.05, 0.1) is 12.0 Å². The zero-order valence-electron chi connectivity index (χ0n) is 15.3. The molecule has 0 heterocycles. The summed E-state index contributed by atoms with van der Waals surface area (Å²) in [4.78, 5) is 43.2. The molecule has 0 bridgehead atoms. The zero-order chi connectivity index (χ0) is 19.3. The zero-order valence-corrected chi connectivity index (χ0v) is 15.3. The largest absolute Gasteiger partial charge is 0.481 e. The van der Waals surface area contributed by atoms with E-state index in [4.69, 9.17) is 24.7 Å². The predicted molar refractivity (Wildman–Crippen MR) is 88.8 cm³/mol. The summed E-state index contributed by atoms with van der Waals surface area (Å²) in [5.41, 5.74) is -0.587. The molecule has 8 nitrogen and oxygen atoms in total. The molecule has 1 atom stereocenters. The van der Waals surface area contributed by atoms with Crippen LogP contribution in [0.3, 0.4) is 0 Å². The van der Waals surface area contributed by atoms with Crippen LogP contribution in [0, 0.1) is 5.41 Å². The molecule has 0 radical (unpaired) electrons. The van der Waals surface area contributed by atoms with Crippen LogP contribution in [-0.2, 0) is 28.9 Å². The van der Waals surface area contributed by atoms with Crippen molar-refractivity contribution in [1.29, 1.82) is 0 Å². The molecule has 0 aromatic carbocycles. The van der Waals surface area contributed by atoms with E-state index >= 15 is 0 Å². The Morgan fingerprint density at radius 1 is 1.00 bits per heavy atom. The Morgan fingerprint density at radius 2 is 1.60 bits per heavy atom. The first kappa shape index (κ1) is 23.3. The van der Waals surface area contributed by atoms with E-state index in [9.17, 15) is 14.4 Å². The van der Waals surface area contributed by atoms with Crippen LogP contribution in [0.4, 0.5) is 0 Å². The minimum absolute atomic E-state index is 0.00820. The van der Waals surface area contributed by atoms with Gasteiger partial charge in [-0.15, -0.1) is 0 Å². The third-order valence-electron chi connectivity index (χ3n) is 3.83. The fourth-order valence-electron chi connectivity index (χ4n) is 1.74. The Labute approximate surface area is 148 Å². The van der Waals surface area contributed by atoms with Crippen molar-refractivity contribution < 1.29 is 39.1 Å². The fraction of sp³-hybridized carbons (Fsp3) is 0.824. The number of hydrogen-bond acceptors (Lipinski definition) is 6. The number of aliphatic carboxylic acids is 2. The average Bonchev–Trinajstić information content (AvgIpc) is 2.54. The van der Waals surface area contributed by atoms with Crippen molar-refractivity contribution >= 4 is 17.9 Å². The third-order valence-corrected chi connectivity index (χ3v) is 3.83. The van der Waals surface area contributed by atoms with E-state index < -0.39 is 23.5 Å². The molecule has 0 aliphatic carbocycles. The van der Waals surface area contributed by atoms with Gasteiger partial charge in [0.25, 0.3) is 0 Å². The molecular formula is C17H30O8. The summed E-state index contributed by atoms with van der Waals surface area (Å²) >= 11 is 0. The van der Waals surface area contributed by atoms with E-state index in [1.807, 2.05) is 6.92 Å². The summed E-state index contributed by atoms with van der Waals surface area (Å²) in [6, 6.07) is 0. The van der Waals surface area contributed by atoms with Gasteiger partial charge in [0, 0.05) is 12.8 Å². The van der Waals surface area contributed by atoms with Crippen LogP contribution in [-0.4, -0.2) is 47.4 Å². The van der Waals surface area contributed by atoms with E-state index in [1.54, 1.807) is 13.8 Å². The van der Waals surface area contributed by atoms with Crippen molar-refractivity contribution in [3.05, 3.63) is 0 Å². The van der Waals surface area contributed by atoms with Crippen molar-refractivity contribution in [1.82, 2.24) is 0 Å². The molecule has 0 rings (SSSR count). The van der Waals surface area contributed by atoms with Crippen molar-refractivity contribution in [2.75, 3.05) is 13.2 Å². The van der Waals surface area contributed by atoms with Gasteiger partial charge in [-0.05, 0) is 39.5 Å². The van der Waals surface area contributed by atoms with E-state index in [0.717, 1.165) is 0 Å². The fourth-order valence-corrected chi connectivity index (χ4v) is 1.74. The van der Waals surface area contributed by atoms with Crippen LogP contribution in [0.25, 0.3) is 0 Å². The first-order valence-corrected chi connectivity index (χ1v) is 8.58. The molecule has 0 aliphatic heterocycles. The Hall–Kier alpha value is -1.67. The van der Waals surface area contributed by atoms with Crippen LogP contribution in [0.15, 0.2) is 0 Å². The molecule has 0 amide bonds. The number of carbonyl (C=O) groups excluding carboxylic acids is 1. The number of carboxylic acids is 2. The highest BCUT2D eigenvalue weighted by atomic mass is 17.2. The lowest BCUT2D eigenvalue weighted by Gasteiger charge is -2.23. The molecule has 0 saturated carbocycles. The van der Waals surface area contributed by atoms with Crippen molar-refractivity contribution in [2.45, 2.75) is 71.8 Å². The minimum Gasteiger partial charge on any atom is -0.481 e. The second-order valence-electron chi connectivity index (χ2n) is 6.51. The number of esters is 1. The first-order chi connectivity index (χ1) is 11.7. The molecule has 0 spiro atoms. The predicted octanol–water partition coefficient (Wildman–Crippen LogP) is 2.79. The summed E-state index contributed by atoms with van der Waals surface area (Å²) in [6.45, 7) is 5.61. The van der Waals surface area contributed by atoms with Gasteiger partial charge in [-0.25, -0.2) is 9.78 Å². The number of carboxylic acid groups (broad SMARTS) is 2. The van der Waals surface area contributed by atoms with E-state index in [1.165, 1.54) is 0 Å². The van der Waals surface area contributed by atoms with Crippen molar-refractivity contribution in [2.24, 2.45) is 5.41 Å². The molecule has 0 aliphatic rings. The molecule has 1 unspecified atom stereocenters. The molecule has 25 heavy (non-hydrogen) atoms. The van der Waals surface area contributed by atoms with E-state index in [2.05, 4.69) is 0 Å². The second kappa shape index (κ2) is 12.7. The average molecular weight is 362 g/mol. The molecule has 0 aromatic heterocycles. The van der Waals surface area contributed by atoms with Crippen LogP contribution in [0.5, 0.6) is 0 Å². The van der Waals surface area contributed by atoms with Gasteiger partial charge in [-0.1, -0.05) is 13.3 Å². The highest BCUT2D eigenvalue weighted by molar-refractivity contribution is 5.75. The van der Waals surface area contributed by atoms with Crippen molar-refractivity contribution in [3.63, 3.8) is 0 Å². The Morgan fingerprint density at radius 3 is 2.16 bits per heavy atom. The normalized spacial score (nSPS) is 12.6. The van der Waals surface area contributed by atoms with Crippen LogP contribution >= 0.6 is 0 Å². The standard InChI is InChI=1S/C17H30O8/c1-4-17(2,3)16(22)23-12-13(8-5-6-9-14(18)19)25-24-11-7-10-15(20)21/h13H,4-12H2,1-3H3,(H,18,19)(H,20,21). The highest BCUT2D eigenvalue weighted by Crippen LogP contribution is 2.22. The van der Waals surface area contributed by atoms with Gasteiger partial charge < -0.3 is 14.9 Å². The maximum atomic E-state index is 12.0. The molecular weight excluding hydrogens is 332 g/mol. The van der Waals surface area contributed by atoms with Gasteiger partial charge in [0.1, 0.15) is 12.7 Å². The lowest BCUT2D eigenvalue weighted by Crippen LogP contribution is -2.30. The Bertz CT molecular complexity index is 419. The number of hydrogen-bond donors (Lipinski definition) is 2. The molecule has 2 N–H and O–H groups in total. The molecule has 0 aromatic rings. The molecule has 0 fully saturated rings. The summed E-state index contributed by atoms with van der Waals surface area (Å²) in [6.07, 6.45) is 2.03. The summed E-state index contributed by atoms with van der Waals surface area (Å²) in [7, 11) is 0. The Kier molecular flexibility index (Phi) is 11.8. The smallest absolute Gasteiger partial charge is 0.311 e. The summed E-state index contributed by atoms with van der Waals surface area (Å²) in [5, 5.41) is 17.2. The molecule has 0 saturated heterocycles. The maximum Gasteiger partial charge on any atom is 0.311 e. The van der Waals surface area contributed by atoms with Crippen molar-refractivity contribution in [3.8, 4) is 0 Å². The monoisotopic (exact) mass is 362 g/mol. The maximum absolute atomic E-state index is 12.0. The third kappa shape index (κ3) is 12.4. The lowest BCUT2D eigenvalue weighted by atomic mass is 9.91. The van der Waals surface area contributed by atoms with Gasteiger partial charge in [0.15, 0.2) is 0 Å². The highest BCUT2D eigenvalue weighted by Gasteiger charge is 2.28. The Balaban J connectivity index is 4.29. The van der Waals surface area contributed by atoms with E-state index in [-0.39, 0.29) is 32.0 Å². The molecule has 8 heteroatoms. The number of unbranched alkanes of at least 4 members (excludes halogenated alkanes) is 1. The van der Waals surface area contributed by atoms with Gasteiger partial charge in [-0.2, -0.15) is 0 Å². The van der Waals surface area contributed by atoms with Gasteiger partial charge in [-0.3, -0.25) is 14.4 Å². The summed E-state index contributed by atoms with van der Waals surface area (Å²) in [5.74, 6) is -2.11. The number of carbonyl (C=O) groups is 3. The number of rotatable bonds is 15. The number of ether oxygens (including phenoxy) is 1. The second-order valence-corrected chi connectivity index (χ2v) is 6.51. The van der Waals surface area contributed by atoms with E-state index in [0.29, 0.717) is 32.1 Å². The van der Waals surface area contributed by atoms with Gasteiger partial charge in [0.2, 0.25) is 0 Å². The minimum atomic E-state index is -0.912. The van der Waals surface area contributed by atoms with Gasteiger partial charge >= 0.3 is 17.9 Å². The quantitative estimate of drug-likeness (QED) is 0.197. The topological polar surface area (TPSA) is 119 Å². The lowest BCUT2D eigenvalue weighted by molar-refractivity contribution is -0.330. The SMILES string of the molecule is CCC(C)(C)C(=O)OCC(CCCCC(=O)O)OOCCCC(=O)O. The first-order valence-electron chi connectivity index (χ1n) is 8.58. The summed E-state index contributed by atoms with van der Waals surface area (Å²) < 4.78 is 5.28. The van der Waals surface area contributed by atoms with Crippen LogP contribution in [0.1, 0.15) is 65.7 Å².